The molecule has 4 nitrogen and oxygen atoms in total. The largest absolute Gasteiger partial charge is 0.372 e. The molecular formula is C21H32N2O2S. The number of nitrogens with zero attached hydrogens (tertiary/aromatic N) is 2. The molecule has 1 atom stereocenters. The van der Waals surface area contributed by atoms with Gasteiger partial charge in [-0.2, -0.15) is 11.8 Å². The third-order valence-electron chi connectivity index (χ3n) is 5.84. The highest BCUT2D eigenvalue weighted by Crippen LogP contribution is 2.31. The van der Waals surface area contributed by atoms with Crippen molar-refractivity contribution in [2.45, 2.75) is 44.0 Å². The van der Waals surface area contributed by atoms with Crippen LogP contribution in [0.25, 0.3) is 0 Å². The Kier molecular flexibility index (Phi) is 6.65. The summed E-state index contributed by atoms with van der Waals surface area (Å²) in [6, 6.07) is 7.90. The van der Waals surface area contributed by atoms with Crippen molar-refractivity contribution < 1.29 is 9.53 Å². The summed E-state index contributed by atoms with van der Waals surface area (Å²) in [7, 11) is 0. The third-order valence-corrected chi connectivity index (χ3v) is 6.88. The monoisotopic (exact) mass is 376 g/mol. The highest BCUT2D eigenvalue weighted by atomic mass is 32.2. The summed E-state index contributed by atoms with van der Waals surface area (Å²) >= 11 is 1.94. The van der Waals surface area contributed by atoms with E-state index in [-0.39, 0.29) is 11.5 Å². The molecule has 0 saturated carbocycles. The SMILES string of the molecule is CSC(C)CCN1CCOC2(CCN(C(=O)c3ccc(C)cc3)CC2)C1. The molecule has 0 radical (unpaired) electrons. The first kappa shape index (κ1) is 19.7. The Morgan fingerprint density at radius 1 is 1.23 bits per heavy atom. The lowest BCUT2D eigenvalue weighted by Crippen LogP contribution is -2.57. The van der Waals surface area contributed by atoms with E-state index >= 15 is 0 Å². The number of carbonyl (C=O) groups is 1. The van der Waals surface area contributed by atoms with Gasteiger partial charge in [0.25, 0.3) is 5.91 Å². The molecule has 26 heavy (non-hydrogen) atoms. The van der Waals surface area contributed by atoms with E-state index in [4.69, 9.17) is 4.74 Å². The Morgan fingerprint density at radius 3 is 2.58 bits per heavy atom. The minimum absolute atomic E-state index is 0.0507. The lowest BCUT2D eigenvalue weighted by Gasteiger charge is -2.47. The molecule has 0 N–H and O–H groups in total. The fourth-order valence-electron chi connectivity index (χ4n) is 3.90. The van der Waals surface area contributed by atoms with Gasteiger partial charge in [-0.1, -0.05) is 24.6 Å². The van der Waals surface area contributed by atoms with E-state index in [1.165, 1.54) is 12.0 Å². The summed E-state index contributed by atoms with van der Waals surface area (Å²) in [5.41, 5.74) is 1.93. The Balaban J connectivity index is 1.53. The predicted molar refractivity (Wildman–Crippen MR) is 109 cm³/mol. The molecule has 2 fully saturated rings. The first-order valence-electron chi connectivity index (χ1n) is 9.76. The number of hydrogen-bond acceptors (Lipinski definition) is 4. The van der Waals surface area contributed by atoms with Crippen molar-refractivity contribution in [1.82, 2.24) is 9.80 Å². The van der Waals surface area contributed by atoms with E-state index < -0.39 is 0 Å². The first-order valence-corrected chi connectivity index (χ1v) is 11.1. The Morgan fingerprint density at radius 2 is 1.92 bits per heavy atom. The summed E-state index contributed by atoms with van der Waals surface area (Å²) in [4.78, 5) is 17.3. The van der Waals surface area contributed by atoms with Crippen molar-refractivity contribution in [2.24, 2.45) is 0 Å². The van der Waals surface area contributed by atoms with E-state index in [9.17, 15) is 4.79 Å². The molecule has 2 aliphatic rings. The Bertz CT molecular complexity index is 597. The highest BCUT2D eigenvalue weighted by Gasteiger charge is 2.40. The van der Waals surface area contributed by atoms with Gasteiger partial charge in [0.1, 0.15) is 0 Å². The van der Waals surface area contributed by atoms with Crippen LogP contribution in [-0.4, -0.2) is 72.1 Å². The van der Waals surface area contributed by atoms with E-state index in [0.29, 0.717) is 5.25 Å². The molecule has 1 aromatic rings. The average molecular weight is 377 g/mol. The van der Waals surface area contributed by atoms with E-state index in [2.05, 4.69) is 18.1 Å². The number of hydrogen-bond donors (Lipinski definition) is 0. The lowest BCUT2D eigenvalue weighted by atomic mass is 9.89. The molecule has 144 valence electrons. The molecule has 2 aliphatic heterocycles. The van der Waals surface area contributed by atoms with Gasteiger partial charge in [-0.05, 0) is 51.1 Å². The van der Waals surface area contributed by atoms with Crippen LogP contribution >= 0.6 is 11.8 Å². The van der Waals surface area contributed by atoms with Crippen LogP contribution in [0, 0.1) is 6.92 Å². The maximum Gasteiger partial charge on any atom is 0.253 e. The smallest absolute Gasteiger partial charge is 0.253 e. The molecule has 0 aromatic heterocycles. The number of aryl methyl sites for hydroxylation is 1. The van der Waals surface area contributed by atoms with Gasteiger partial charge in [0.15, 0.2) is 0 Å². The molecule has 2 heterocycles. The minimum atomic E-state index is -0.0507. The van der Waals surface area contributed by atoms with Crippen molar-refractivity contribution in [3.05, 3.63) is 35.4 Å². The minimum Gasteiger partial charge on any atom is -0.372 e. The zero-order valence-corrected chi connectivity index (χ0v) is 17.2. The third kappa shape index (κ3) is 4.81. The van der Waals surface area contributed by atoms with Gasteiger partial charge < -0.3 is 9.64 Å². The fourth-order valence-corrected chi connectivity index (χ4v) is 4.24. The quantitative estimate of drug-likeness (QED) is 0.788. The van der Waals surface area contributed by atoms with Crippen LogP contribution < -0.4 is 0 Å². The van der Waals surface area contributed by atoms with Gasteiger partial charge in [0.2, 0.25) is 0 Å². The van der Waals surface area contributed by atoms with Gasteiger partial charge in [0.05, 0.1) is 12.2 Å². The van der Waals surface area contributed by atoms with E-state index in [1.807, 2.05) is 47.9 Å². The highest BCUT2D eigenvalue weighted by molar-refractivity contribution is 7.99. The van der Waals surface area contributed by atoms with Crippen LogP contribution in [-0.2, 0) is 4.74 Å². The number of benzene rings is 1. The number of likely N-dealkylation sites (tertiary alicyclic amines) is 1. The zero-order valence-electron chi connectivity index (χ0n) is 16.4. The number of carbonyl (C=O) groups excluding carboxylic acids is 1. The molecular weight excluding hydrogens is 344 g/mol. The molecule has 1 unspecified atom stereocenters. The maximum absolute atomic E-state index is 12.7. The van der Waals surface area contributed by atoms with Crippen LogP contribution in [0.2, 0.25) is 0 Å². The summed E-state index contributed by atoms with van der Waals surface area (Å²) in [6.45, 7) is 9.96. The molecule has 2 saturated heterocycles. The lowest BCUT2D eigenvalue weighted by molar-refractivity contribution is -0.132. The predicted octanol–water partition coefficient (Wildman–Crippen LogP) is 3.44. The van der Waals surface area contributed by atoms with Crippen LogP contribution in [0.1, 0.15) is 42.1 Å². The standard InChI is InChI=1S/C21H32N2O2S/c1-17-4-6-19(7-5-17)20(24)23-12-9-21(10-13-23)16-22(14-15-25-21)11-8-18(2)26-3/h4-7,18H,8-16H2,1-3H3. The summed E-state index contributed by atoms with van der Waals surface area (Å²) < 4.78 is 6.23. The van der Waals surface area contributed by atoms with Crippen LogP contribution in [0.15, 0.2) is 24.3 Å². The molecule has 0 aliphatic carbocycles. The van der Waals surface area contributed by atoms with Crippen molar-refractivity contribution in [2.75, 3.05) is 45.6 Å². The number of piperidine rings is 1. The van der Waals surface area contributed by atoms with Gasteiger partial charge in [0, 0.05) is 37.0 Å². The molecule has 1 amide bonds. The first-order chi connectivity index (χ1) is 12.5. The van der Waals surface area contributed by atoms with E-state index in [1.54, 1.807) is 0 Å². The van der Waals surface area contributed by atoms with Crippen molar-refractivity contribution >= 4 is 17.7 Å². The van der Waals surface area contributed by atoms with Crippen LogP contribution in [0.5, 0.6) is 0 Å². The fraction of sp³-hybridized carbons (Fsp3) is 0.667. The van der Waals surface area contributed by atoms with Gasteiger partial charge in [-0.3, -0.25) is 9.69 Å². The van der Waals surface area contributed by atoms with Crippen LogP contribution in [0.3, 0.4) is 0 Å². The Labute approximate surface area is 162 Å². The van der Waals surface area contributed by atoms with Gasteiger partial charge in [-0.25, -0.2) is 0 Å². The molecule has 1 spiro atoms. The number of rotatable bonds is 5. The van der Waals surface area contributed by atoms with Gasteiger partial charge in [-0.15, -0.1) is 0 Å². The summed E-state index contributed by atoms with van der Waals surface area (Å²) in [6.07, 6.45) is 5.31. The zero-order chi connectivity index (χ0) is 18.6. The van der Waals surface area contributed by atoms with Crippen molar-refractivity contribution in [3.8, 4) is 0 Å². The average Bonchev–Trinajstić information content (AvgIpc) is 2.67. The van der Waals surface area contributed by atoms with Crippen molar-refractivity contribution in [1.29, 1.82) is 0 Å². The normalized spacial score (nSPS) is 21.7. The second kappa shape index (κ2) is 8.77. The van der Waals surface area contributed by atoms with Crippen LogP contribution in [0.4, 0.5) is 0 Å². The number of amides is 1. The van der Waals surface area contributed by atoms with E-state index in [0.717, 1.165) is 57.7 Å². The Hall–Kier alpha value is -1.04. The molecule has 3 rings (SSSR count). The maximum atomic E-state index is 12.7. The topological polar surface area (TPSA) is 32.8 Å². The second-order valence-electron chi connectivity index (χ2n) is 7.80. The summed E-state index contributed by atoms with van der Waals surface area (Å²) in [5.74, 6) is 0.154. The molecule has 0 bridgehead atoms. The number of morpholine rings is 1. The van der Waals surface area contributed by atoms with Gasteiger partial charge >= 0.3 is 0 Å². The van der Waals surface area contributed by atoms with Crippen molar-refractivity contribution in [3.63, 3.8) is 0 Å². The number of thioether (sulfide) groups is 1. The summed E-state index contributed by atoms with van der Waals surface area (Å²) in [5, 5.41) is 0.711. The molecule has 1 aromatic carbocycles. The molecule has 5 heteroatoms. The second-order valence-corrected chi connectivity index (χ2v) is 9.08. The number of ether oxygens (including phenoxy) is 1.